The molecule has 2 N–H and O–H groups in total. The van der Waals surface area contributed by atoms with Crippen LogP contribution in [-0.4, -0.2) is 29.4 Å². The molecule has 0 fully saturated rings. The highest BCUT2D eigenvalue weighted by molar-refractivity contribution is 7.99. The molecule has 124 valence electrons. The Morgan fingerprint density at radius 1 is 1.17 bits per heavy atom. The number of thioether (sulfide) groups is 1. The smallest absolute Gasteiger partial charge is 0.230 e. The molecular formula is C19H19ClN2OS. The Labute approximate surface area is 150 Å². The zero-order chi connectivity index (χ0) is 16.9. The highest BCUT2D eigenvalue weighted by atomic mass is 35.5. The SMILES string of the molecule is CSCC(=O)NCC(c1ccccc1Cl)c1c[nH]c2ccccc12. The van der Waals surface area contributed by atoms with Crippen molar-refractivity contribution < 1.29 is 4.79 Å². The summed E-state index contributed by atoms with van der Waals surface area (Å²) < 4.78 is 0. The lowest BCUT2D eigenvalue weighted by Gasteiger charge is -2.19. The van der Waals surface area contributed by atoms with Gasteiger partial charge < -0.3 is 10.3 Å². The number of H-pyrrole nitrogens is 1. The van der Waals surface area contributed by atoms with E-state index in [1.54, 1.807) is 0 Å². The summed E-state index contributed by atoms with van der Waals surface area (Å²) in [7, 11) is 0. The Morgan fingerprint density at radius 2 is 1.92 bits per heavy atom. The molecule has 0 saturated heterocycles. The molecule has 0 bridgehead atoms. The number of hydrogen-bond acceptors (Lipinski definition) is 2. The summed E-state index contributed by atoms with van der Waals surface area (Å²) in [5.74, 6) is 0.503. The second-order valence-corrected chi connectivity index (χ2v) is 6.87. The highest BCUT2D eigenvalue weighted by Gasteiger charge is 2.20. The first-order valence-corrected chi connectivity index (χ1v) is 9.54. The molecule has 1 unspecified atom stereocenters. The second kappa shape index (κ2) is 7.77. The maximum Gasteiger partial charge on any atom is 0.230 e. The summed E-state index contributed by atoms with van der Waals surface area (Å²) in [6.07, 6.45) is 3.93. The van der Waals surface area contributed by atoms with Crippen molar-refractivity contribution in [2.24, 2.45) is 0 Å². The number of benzene rings is 2. The number of rotatable bonds is 6. The number of fused-ring (bicyclic) bond motifs is 1. The molecule has 0 aliphatic rings. The first kappa shape index (κ1) is 16.9. The van der Waals surface area contributed by atoms with E-state index in [0.29, 0.717) is 17.3 Å². The van der Waals surface area contributed by atoms with E-state index in [4.69, 9.17) is 11.6 Å². The van der Waals surface area contributed by atoms with Gasteiger partial charge in [-0.15, -0.1) is 0 Å². The summed E-state index contributed by atoms with van der Waals surface area (Å²) in [5.41, 5.74) is 3.25. The van der Waals surface area contributed by atoms with Crippen molar-refractivity contribution in [3.05, 3.63) is 70.9 Å². The van der Waals surface area contributed by atoms with Gasteiger partial charge in [0.05, 0.1) is 5.75 Å². The number of halogens is 1. The molecule has 0 spiro atoms. The van der Waals surface area contributed by atoms with Crippen molar-refractivity contribution >= 4 is 40.2 Å². The first-order chi connectivity index (χ1) is 11.7. The normalized spacial score (nSPS) is 12.2. The van der Waals surface area contributed by atoms with Gasteiger partial charge in [0.25, 0.3) is 0 Å². The van der Waals surface area contributed by atoms with Crippen LogP contribution in [-0.2, 0) is 4.79 Å². The van der Waals surface area contributed by atoms with Gasteiger partial charge in [0.15, 0.2) is 0 Å². The summed E-state index contributed by atoms with van der Waals surface area (Å²) >= 11 is 7.95. The van der Waals surface area contributed by atoms with Crippen LogP contribution in [0.2, 0.25) is 5.02 Å². The average molecular weight is 359 g/mol. The zero-order valence-corrected chi connectivity index (χ0v) is 15.0. The summed E-state index contributed by atoms with van der Waals surface area (Å²) in [4.78, 5) is 15.2. The van der Waals surface area contributed by atoms with Crippen molar-refractivity contribution in [2.45, 2.75) is 5.92 Å². The van der Waals surface area contributed by atoms with Crippen molar-refractivity contribution in [3.63, 3.8) is 0 Å². The molecule has 1 amide bonds. The molecule has 1 aromatic heterocycles. The molecule has 2 aromatic carbocycles. The van der Waals surface area contributed by atoms with E-state index < -0.39 is 0 Å². The van der Waals surface area contributed by atoms with Gasteiger partial charge in [-0.1, -0.05) is 48.0 Å². The topological polar surface area (TPSA) is 44.9 Å². The molecule has 5 heteroatoms. The summed E-state index contributed by atoms with van der Waals surface area (Å²) in [6.45, 7) is 0.519. The fourth-order valence-corrected chi connectivity index (χ4v) is 3.56. The van der Waals surface area contributed by atoms with E-state index in [2.05, 4.69) is 22.4 Å². The first-order valence-electron chi connectivity index (χ1n) is 7.76. The van der Waals surface area contributed by atoms with Crippen molar-refractivity contribution in [2.75, 3.05) is 18.6 Å². The quantitative estimate of drug-likeness (QED) is 0.684. The third kappa shape index (κ3) is 3.60. The number of amides is 1. The number of carbonyl (C=O) groups is 1. The van der Waals surface area contributed by atoms with Crippen LogP contribution >= 0.6 is 23.4 Å². The predicted octanol–water partition coefficient (Wildman–Crippen LogP) is 4.43. The number of aromatic amines is 1. The minimum Gasteiger partial charge on any atom is -0.361 e. The van der Waals surface area contributed by atoms with Crippen LogP contribution in [0.15, 0.2) is 54.7 Å². The maximum absolute atomic E-state index is 11.9. The van der Waals surface area contributed by atoms with Crippen molar-refractivity contribution in [3.8, 4) is 0 Å². The van der Waals surface area contributed by atoms with Crippen molar-refractivity contribution in [1.29, 1.82) is 0 Å². The molecular weight excluding hydrogens is 340 g/mol. The van der Waals surface area contributed by atoms with Gasteiger partial charge in [0.1, 0.15) is 0 Å². The van der Waals surface area contributed by atoms with Gasteiger partial charge in [-0.3, -0.25) is 4.79 Å². The molecule has 1 atom stereocenters. The van der Waals surface area contributed by atoms with Crippen LogP contribution in [0.25, 0.3) is 10.9 Å². The van der Waals surface area contributed by atoms with Crippen LogP contribution < -0.4 is 5.32 Å². The van der Waals surface area contributed by atoms with Gasteiger partial charge in [0.2, 0.25) is 5.91 Å². The largest absolute Gasteiger partial charge is 0.361 e. The van der Waals surface area contributed by atoms with E-state index in [1.165, 1.54) is 11.8 Å². The van der Waals surface area contributed by atoms with Crippen LogP contribution in [0.3, 0.4) is 0 Å². The number of aromatic nitrogens is 1. The lowest BCUT2D eigenvalue weighted by atomic mass is 9.91. The Morgan fingerprint density at radius 3 is 2.71 bits per heavy atom. The molecule has 0 radical (unpaired) electrons. The maximum atomic E-state index is 11.9. The van der Waals surface area contributed by atoms with Crippen molar-refractivity contribution in [1.82, 2.24) is 10.3 Å². The van der Waals surface area contributed by atoms with Gasteiger partial charge >= 0.3 is 0 Å². The predicted molar refractivity (Wildman–Crippen MR) is 103 cm³/mol. The average Bonchev–Trinajstić information content (AvgIpc) is 3.01. The minimum absolute atomic E-state index is 0.000608. The fraction of sp³-hybridized carbons (Fsp3) is 0.211. The number of para-hydroxylation sites is 1. The van der Waals surface area contributed by atoms with Gasteiger partial charge in [-0.2, -0.15) is 11.8 Å². The Hall–Kier alpha value is -1.91. The molecule has 3 rings (SSSR count). The van der Waals surface area contributed by atoms with Crippen LogP contribution in [0.5, 0.6) is 0 Å². The lowest BCUT2D eigenvalue weighted by molar-refractivity contribution is -0.118. The molecule has 0 aliphatic carbocycles. The van der Waals surface area contributed by atoms with E-state index in [1.807, 2.05) is 48.9 Å². The monoisotopic (exact) mass is 358 g/mol. The molecule has 0 saturated carbocycles. The zero-order valence-electron chi connectivity index (χ0n) is 13.4. The third-order valence-electron chi connectivity index (χ3n) is 4.06. The Bertz CT molecular complexity index is 846. The van der Waals surface area contributed by atoms with Crippen LogP contribution in [0.4, 0.5) is 0 Å². The lowest BCUT2D eigenvalue weighted by Crippen LogP contribution is -2.30. The van der Waals surface area contributed by atoms with E-state index in [0.717, 1.165) is 22.0 Å². The minimum atomic E-state index is 0.000608. The van der Waals surface area contributed by atoms with Gasteiger partial charge in [-0.25, -0.2) is 0 Å². The molecule has 1 heterocycles. The molecule has 3 aromatic rings. The molecule has 24 heavy (non-hydrogen) atoms. The number of hydrogen-bond donors (Lipinski definition) is 2. The molecule has 0 aliphatic heterocycles. The number of carbonyl (C=O) groups excluding carboxylic acids is 1. The van der Waals surface area contributed by atoms with Crippen LogP contribution in [0.1, 0.15) is 17.0 Å². The van der Waals surface area contributed by atoms with Gasteiger partial charge in [0, 0.05) is 34.6 Å². The van der Waals surface area contributed by atoms with E-state index in [-0.39, 0.29) is 11.8 Å². The summed E-state index contributed by atoms with van der Waals surface area (Å²) in [6, 6.07) is 16.0. The van der Waals surface area contributed by atoms with Crippen LogP contribution in [0, 0.1) is 0 Å². The second-order valence-electron chi connectivity index (χ2n) is 5.60. The Kier molecular flexibility index (Phi) is 5.48. The standard InChI is InChI=1S/C19H19ClN2OS/c1-24-12-19(23)22-11-15(13-6-2-4-8-17(13)20)16-10-21-18-9-5-3-7-14(16)18/h2-10,15,21H,11-12H2,1H3,(H,22,23). The Balaban J connectivity index is 1.99. The van der Waals surface area contributed by atoms with E-state index >= 15 is 0 Å². The fourth-order valence-electron chi connectivity index (χ4n) is 2.93. The summed E-state index contributed by atoms with van der Waals surface area (Å²) in [5, 5.41) is 4.90. The number of nitrogens with one attached hydrogen (secondary N) is 2. The highest BCUT2D eigenvalue weighted by Crippen LogP contribution is 2.34. The third-order valence-corrected chi connectivity index (χ3v) is 4.95. The van der Waals surface area contributed by atoms with Gasteiger partial charge in [-0.05, 0) is 29.5 Å². The van der Waals surface area contributed by atoms with E-state index in [9.17, 15) is 4.79 Å². The molecule has 3 nitrogen and oxygen atoms in total.